The van der Waals surface area contributed by atoms with Crippen LogP contribution in [-0.4, -0.2) is 17.0 Å². The third-order valence-electron chi connectivity index (χ3n) is 3.58. The Morgan fingerprint density at radius 3 is 2.64 bits per heavy atom. The summed E-state index contributed by atoms with van der Waals surface area (Å²) < 4.78 is 5.69. The monoisotopic (exact) mass is 297 g/mol. The van der Waals surface area contributed by atoms with Gasteiger partial charge in [-0.05, 0) is 35.7 Å². The number of fused-ring (bicyclic) bond motifs is 1. The first kappa shape index (κ1) is 14.1. The number of carbonyl (C=O) groups is 2. The number of anilines is 1. The lowest BCUT2D eigenvalue weighted by Crippen LogP contribution is -2.18. The van der Waals surface area contributed by atoms with Gasteiger partial charge in [0.2, 0.25) is 5.91 Å². The normalized spacial score (nSPS) is 13.2. The molecule has 1 amide bonds. The molecule has 0 atom stereocenters. The summed E-state index contributed by atoms with van der Waals surface area (Å²) in [4.78, 5) is 22.2. The SMILES string of the molecule is O=C1CCc2ccc(OCc3ccc(C(=O)O)cc3)cc2N1. The highest BCUT2D eigenvalue weighted by Gasteiger charge is 2.15. The Morgan fingerprint density at radius 1 is 1.14 bits per heavy atom. The highest BCUT2D eigenvalue weighted by molar-refractivity contribution is 5.94. The number of carbonyl (C=O) groups excluding carboxylic acids is 1. The average Bonchev–Trinajstić information content (AvgIpc) is 2.53. The third kappa shape index (κ3) is 3.09. The van der Waals surface area contributed by atoms with Crippen LogP contribution < -0.4 is 10.1 Å². The molecule has 1 heterocycles. The largest absolute Gasteiger partial charge is 0.489 e. The Morgan fingerprint density at radius 2 is 1.91 bits per heavy atom. The van der Waals surface area contributed by atoms with Crippen molar-refractivity contribution >= 4 is 17.6 Å². The van der Waals surface area contributed by atoms with Crippen LogP contribution in [0.3, 0.4) is 0 Å². The number of aromatic carboxylic acids is 1. The average molecular weight is 297 g/mol. The summed E-state index contributed by atoms with van der Waals surface area (Å²) in [5.41, 5.74) is 3.04. The smallest absolute Gasteiger partial charge is 0.335 e. The molecule has 0 radical (unpaired) electrons. The lowest BCUT2D eigenvalue weighted by atomic mass is 10.0. The van der Waals surface area contributed by atoms with Gasteiger partial charge in [-0.1, -0.05) is 18.2 Å². The number of carboxylic acids is 1. The van der Waals surface area contributed by atoms with Gasteiger partial charge in [0.05, 0.1) is 5.56 Å². The van der Waals surface area contributed by atoms with Crippen LogP contribution in [0.25, 0.3) is 0 Å². The van der Waals surface area contributed by atoms with Crippen LogP contribution in [0.2, 0.25) is 0 Å². The molecule has 0 aromatic heterocycles. The van der Waals surface area contributed by atoms with Gasteiger partial charge in [-0.2, -0.15) is 0 Å². The molecule has 0 aliphatic carbocycles. The predicted molar refractivity (Wildman–Crippen MR) is 81.1 cm³/mol. The Kier molecular flexibility index (Phi) is 3.78. The lowest BCUT2D eigenvalue weighted by molar-refractivity contribution is -0.116. The molecular weight excluding hydrogens is 282 g/mol. The summed E-state index contributed by atoms with van der Waals surface area (Å²) in [6, 6.07) is 12.2. The van der Waals surface area contributed by atoms with Gasteiger partial charge in [0.25, 0.3) is 0 Å². The highest BCUT2D eigenvalue weighted by Crippen LogP contribution is 2.27. The Balaban J connectivity index is 1.67. The number of rotatable bonds is 4. The summed E-state index contributed by atoms with van der Waals surface area (Å²) in [5.74, 6) is -0.255. The molecule has 1 aliphatic heterocycles. The zero-order valence-corrected chi connectivity index (χ0v) is 11.8. The number of ether oxygens (including phenoxy) is 1. The van der Waals surface area contributed by atoms with Crippen molar-refractivity contribution in [3.63, 3.8) is 0 Å². The van der Waals surface area contributed by atoms with Gasteiger partial charge in [0.1, 0.15) is 12.4 Å². The quantitative estimate of drug-likeness (QED) is 0.910. The minimum atomic E-state index is -0.946. The first-order chi connectivity index (χ1) is 10.6. The van der Waals surface area contributed by atoms with Gasteiger partial charge in [0.15, 0.2) is 0 Å². The van der Waals surface area contributed by atoms with Gasteiger partial charge in [-0.25, -0.2) is 4.79 Å². The standard InChI is InChI=1S/C17H15NO4/c19-16-8-6-12-5-7-14(9-15(12)18-16)22-10-11-1-3-13(4-2-11)17(20)21/h1-5,7,9H,6,8,10H2,(H,18,19)(H,20,21). The summed E-state index contributed by atoms with van der Waals surface area (Å²) >= 11 is 0. The molecule has 0 fully saturated rings. The van der Waals surface area contributed by atoms with E-state index in [0.717, 1.165) is 23.2 Å². The fourth-order valence-corrected chi connectivity index (χ4v) is 2.35. The molecule has 2 aromatic rings. The number of hydrogen-bond donors (Lipinski definition) is 2. The van der Waals surface area contributed by atoms with Crippen LogP contribution in [0.4, 0.5) is 5.69 Å². The molecular formula is C17H15NO4. The van der Waals surface area contributed by atoms with Crippen LogP contribution >= 0.6 is 0 Å². The first-order valence-corrected chi connectivity index (χ1v) is 6.99. The van der Waals surface area contributed by atoms with Gasteiger partial charge in [0, 0.05) is 18.2 Å². The molecule has 0 unspecified atom stereocenters. The number of carboxylic acid groups (broad SMARTS) is 1. The molecule has 5 nitrogen and oxygen atoms in total. The number of benzene rings is 2. The zero-order chi connectivity index (χ0) is 15.5. The number of hydrogen-bond acceptors (Lipinski definition) is 3. The van der Waals surface area contributed by atoms with E-state index in [0.29, 0.717) is 18.8 Å². The Hall–Kier alpha value is -2.82. The maximum atomic E-state index is 11.4. The van der Waals surface area contributed by atoms with Crippen molar-refractivity contribution < 1.29 is 19.4 Å². The maximum absolute atomic E-state index is 11.4. The van der Waals surface area contributed by atoms with Gasteiger partial charge >= 0.3 is 5.97 Å². The van der Waals surface area contributed by atoms with E-state index in [-0.39, 0.29) is 11.5 Å². The molecule has 1 aliphatic rings. The van der Waals surface area contributed by atoms with Crippen molar-refractivity contribution in [2.24, 2.45) is 0 Å². The topological polar surface area (TPSA) is 75.6 Å². The van der Waals surface area contributed by atoms with E-state index >= 15 is 0 Å². The van der Waals surface area contributed by atoms with Crippen molar-refractivity contribution in [2.75, 3.05) is 5.32 Å². The molecule has 3 rings (SSSR count). The fraction of sp³-hybridized carbons (Fsp3) is 0.176. The molecule has 2 aromatic carbocycles. The van der Waals surface area contributed by atoms with Crippen molar-refractivity contribution in [3.05, 3.63) is 59.2 Å². The molecule has 5 heteroatoms. The Labute approximate surface area is 127 Å². The van der Waals surface area contributed by atoms with E-state index < -0.39 is 5.97 Å². The van der Waals surface area contributed by atoms with E-state index in [4.69, 9.17) is 9.84 Å². The minimum Gasteiger partial charge on any atom is -0.489 e. The predicted octanol–water partition coefficient (Wildman–Crippen LogP) is 2.85. The number of nitrogens with one attached hydrogen (secondary N) is 1. The summed E-state index contributed by atoms with van der Waals surface area (Å²) in [6.07, 6.45) is 1.27. The Bertz CT molecular complexity index is 722. The molecule has 0 spiro atoms. The molecule has 2 N–H and O–H groups in total. The zero-order valence-electron chi connectivity index (χ0n) is 11.8. The summed E-state index contributed by atoms with van der Waals surface area (Å²) in [5, 5.41) is 11.7. The molecule has 0 saturated carbocycles. The second-order valence-electron chi connectivity index (χ2n) is 5.16. The molecule has 22 heavy (non-hydrogen) atoms. The highest BCUT2D eigenvalue weighted by atomic mass is 16.5. The molecule has 0 bridgehead atoms. The van der Waals surface area contributed by atoms with E-state index in [1.165, 1.54) is 0 Å². The second kappa shape index (κ2) is 5.89. The number of aryl methyl sites for hydroxylation is 1. The lowest BCUT2D eigenvalue weighted by Gasteiger charge is -2.17. The van der Waals surface area contributed by atoms with E-state index in [1.54, 1.807) is 24.3 Å². The summed E-state index contributed by atoms with van der Waals surface area (Å²) in [7, 11) is 0. The van der Waals surface area contributed by atoms with Crippen LogP contribution in [0.15, 0.2) is 42.5 Å². The third-order valence-corrected chi connectivity index (χ3v) is 3.58. The van der Waals surface area contributed by atoms with E-state index in [1.807, 2.05) is 18.2 Å². The van der Waals surface area contributed by atoms with E-state index in [2.05, 4.69) is 5.32 Å². The maximum Gasteiger partial charge on any atom is 0.335 e. The fourth-order valence-electron chi connectivity index (χ4n) is 2.35. The van der Waals surface area contributed by atoms with Crippen LogP contribution in [0.5, 0.6) is 5.75 Å². The van der Waals surface area contributed by atoms with Crippen molar-refractivity contribution in [1.82, 2.24) is 0 Å². The van der Waals surface area contributed by atoms with E-state index in [9.17, 15) is 9.59 Å². The van der Waals surface area contributed by atoms with Crippen molar-refractivity contribution in [2.45, 2.75) is 19.4 Å². The van der Waals surface area contributed by atoms with Gasteiger partial charge in [-0.15, -0.1) is 0 Å². The number of amides is 1. The molecule has 0 saturated heterocycles. The van der Waals surface area contributed by atoms with Crippen molar-refractivity contribution in [1.29, 1.82) is 0 Å². The second-order valence-corrected chi connectivity index (χ2v) is 5.16. The van der Waals surface area contributed by atoms with Crippen molar-refractivity contribution in [3.8, 4) is 5.75 Å². The van der Waals surface area contributed by atoms with Gasteiger partial charge < -0.3 is 15.2 Å². The minimum absolute atomic E-state index is 0.0221. The van der Waals surface area contributed by atoms with Crippen LogP contribution in [0.1, 0.15) is 27.9 Å². The van der Waals surface area contributed by atoms with Crippen LogP contribution in [0, 0.1) is 0 Å². The first-order valence-electron chi connectivity index (χ1n) is 6.99. The van der Waals surface area contributed by atoms with Crippen LogP contribution in [-0.2, 0) is 17.8 Å². The molecule has 112 valence electrons. The summed E-state index contributed by atoms with van der Waals surface area (Å²) in [6.45, 7) is 0.340. The van der Waals surface area contributed by atoms with Gasteiger partial charge in [-0.3, -0.25) is 4.79 Å².